The van der Waals surface area contributed by atoms with E-state index in [0.29, 0.717) is 23.0 Å². The summed E-state index contributed by atoms with van der Waals surface area (Å²) >= 11 is 12.2. The first kappa shape index (κ1) is 19.7. The molecule has 0 amide bonds. The van der Waals surface area contributed by atoms with Crippen LogP contribution in [0.1, 0.15) is 35.0 Å². The minimum absolute atomic E-state index is 0.0523. The molecule has 1 aromatic heterocycles. The van der Waals surface area contributed by atoms with E-state index < -0.39 is 9.84 Å². The average Bonchev–Trinajstić information content (AvgIpc) is 3.04. The number of hydrogen-bond acceptors (Lipinski definition) is 4. The van der Waals surface area contributed by atoms with E-state index in [9.17, 15) is 8.42 Å². The lowest BCUT2D eigenvalue weighted by atomic mass is 10.1. The molecule has 1 fully saturated rings. The minimum atomic E-state index is -2.93. The van der Waals surface area contributed by atoms with Crippen LogP contribution in [0.15, 0.2) is 18.2 Å². The van der Waals surface area contributed by atoms with Gasteiger partial charge in [0, 0.05) is 34.4 Å². The van der Waals surface area contributed by atoms with Crippen LogP contribution in [0, 0.1) is 13.8 Å². The molecule has 3 rings (SSSR count). The molecule has 0 N–H and O–H groups in total. The van der Waals surface area contributed by atoms with Gasteiger partial charge in [0.2, 0.25) is 0 Å². The molecule has 2 aromatic rings. The van der Waals surface area contributed by atoms with E-state index in [4.69, 9.17) is 23.2 Å². The SMILES string of the molecule is Cc1nn([C@H]2CCS(=O)(=O)C2)c(C)c1CN(C)Cc1ccc(Cl)cc1Cl. The molecule has 0 aliphatic carbocycles. The fraction of sp³-hybridized carbons (Fsp3) is 0.500. The minimum Gasteiger partial charge on any atom is -0.298 e. The van der Waals surface area contributed by atoms with E-state index in [2.05, 4.69) is 10.00 Å². The van der Waals surface area contributed by atoms with Crippen LogP contribution in [-0.2, 0) is 22.9 Å². The second-order valence-electron chi connectivity index (χ2n) is 7.06. The Kier molecular flexibility index (Phi) is 5.68. The summed E-state index contributed by atoms with van der Waals surface area (Å²) in [5, 5.41) is 5.91. The second kappa shape index (κ2) is 7.50. The zero-order chi connectivity index (χ0) is 19.1. The summed E-state index contributed by atoms with van der Waals surface area (Å²) in [5.74, 6) is 0.435. The molecule has 142 valence electrons. The number of hydrogen-bond donors (Lipinski definition) is 0. The normalized spacial score (nSPS) is 19.4. The van der Waals surface area contributed by atoms with Gasteiger partial charge in [-0.05, 0) is 45.0 Å². The van der Waals surface area contributed by atoms with Crippen molar-refractivity contribution in [3.05, 3.63) is 50.8 Å². The van der Waals surface area contributed by atoms with Crippen LogP contribution in [0.25, 0.3) is 0 Å². The summed E-state index contributed by atoms with van der Waals surface area (Å²) < 4.78 is 25.5. The first-order chi connectivity index (χ1) is 12.2. The van der Waals surface area contributed by atoms with E-state index in [1.54, 1.807) is 6.07 Å². The highest BCUT2D eigenvalue weighted by Crippen LogP contribution is 2.28. The molecule has 0 saturated carbocycles. The molecule has 1 saturated heterocycles. The van der Waals surface area contributed by atoms with Gasteiger partial charge in [-0.3, -0.25) is 9.58 Å². The van der Waals surface area contributed by atoms with Crippen molar-refractivity contribution in [2.75, 3.05) is 18.6 Å². The van der Waals surface area contributed by atoms with E-state index in [-0.39, 0.29) is 17.5 Å². The number of sulfone groups is 1. The van der Waals surface area contributed by atoms with Gasteiger partial charge in [-0.25, -0.2) is 8.42 Å². The maximum Gasteiger partial charge on any atom is 0.152 e. The lowest BCUT2D eigenvalue weighted by Crippen LogP contribution is -2.19. The van der Waals surface area contributed by atoms with Crippen LogP contribution in [-0.4, -0.2) is 41.7 Å². The Morgan fingerprint density at radius 3 is 2.62 bits per heavy atom. The van der Waals surface area contributed by atoms with Crippen LogP contribution in [0.3, 0.4) is 0 Å². The summed E-state index contributed by atoms with van der Waals surface area (Å²) in [6.45, 7) is 5.41. The molecule has 26 heavy (non-hydrogen) atoms. The maximum absolute atomic E-state index is 11.8. The molecule has 1 aromatic carbocycles. The van der Waals surface area contributed by atoms with Crippen molar-refractivity contribution in [2.45, 2.75) is 39.4 Å². The summed E-state index contributed by atoms with van der Waals surface area (Å²) in [6.07, 6.45) is 0.639. The molecule has 0 spiro atoms. The van der Waals surface area contributed by atoms with Gasteiger partial charge in [0.15, 0.2) is 9.84 Å². The molecule has 0 radical (unpaired) electrons. The lowest BCUT2D eigenvalue weighted by Gasteiger charge is -2.18. The number of aromatic nitrogens is 2. The largest absolute Gasteiger partial charge is 0.298 e. The fourth-order valence-electron chi connectivity index (χ4n) is 3.52. The first-order valence-electron chi connectivity index (χ1n) is 8.54. The molecule has 1 aliphatic rings. The Hall–Kier alpha value is -1.08. The molecule has 0 unspecified atom stereocenters. The summed E-state index contributed by atoms with van der Waals surface area (Å²) in [6, 6.07) is 5.48. The third-order valence-electron chi connectivity index (χ3n) is 4.91. The van der Waals surface area contributed by atoms with Gasteiger partial charge in [-0.2, -0.15) is 5.10 Å². The fourth-order valence-corrected chi connectivity index (χ4v) is 5.68. The molecule has 2 heterocycles. The average molecular weight is 416 g/mol. The number of benzene rings is 1. The van der Waals surface area contributed by atoms with Crippen LogP contribution in [0.5, 0.6) is 0 Å². The van der Waals surface area contributed by atoms with Crippen LogP contribution in [0.2, 0.25) is 10.0 Å². The van der Waals surface area contributed by atoms with Crippen molar-refractivity contribution in [3.8, 4) is 0 Å². The van der Waals surface area contributed by atoms with Crippen molar-refractivity contribution in [1.29, 1.82) is 0 Å². The molecular formula is C18H23Cl2N3O2S. The van der Waals surface area contributed by atoms with E-state index in [1.165, 1.54) is 0 Å². The Labute approximate surface area is 164 Å². The standard InChI is InChI=1S/C18H23Cl2N3O2S/c1-12-17(10-22(3)9-14-4-5-15(19)8-18(14)20)13(2)23(21-12)16-6-7-26(24,25)11-16/h4-5,8,16H,6-7,9-11H2,1-3H3/t16-/m0/s1. The van der Waals surface area contributed by atoms with Crippen LogP contribution in [0.4, 0.5) is 0 Å². The third-order valence-corrected chi connectivity index (χ3v) is 7.25. The van der Waals surface area contributed by atoms with E-state index >= 15 is 0 Å². The van der Waals surface area contributed by atoms with Crippen molar-refractivity contribution >= 4 is 33.0 Å². The Balaban J connectivity index is 1.75. The predicted molar refractivity (Wildman–Crippen MR) is 106 cm³/mol. The molecule has 8 heteroatoms. The number of nitrogens with zero attached hydrogens (tertiary/aromatic N) is 3. The molecule has 1 atom stereocenters. The van der Waals surface area contributed by atoms with Crippen LogP contribution >= 0.6 is 23.2 Å². The summed E-state index contributed by atoms with van der Waals surface area (Å²) in [5.41, 5.74) is 4.14. The van der Waals surface area contributed by atoms with Crippen molar-refractivity contribution in [2.24, 2.45) is 0 Å². The molecular weight excluding hydrogens is 393 g/mol. The highest BCUT2D eigenvalue weighted by atomic mass is 35.5. The zero-order valence-electron chi connectivity index (χ0n) is 15.2. The number of aryl methyl sites for hydroxylation is 1. The van der Waals surface area contributed by atoms with Crippen molar-refractivity contribution in [3.63, 3.8) is 0 Å². The van der Waals surface area contributed by atoms with E-state index in [1.807, 2.05) is 37.7 Å². The smallest absolute Gasteiger partial charge is 0.152 e. The first-order valence-corrected chi connectivity index (χ1v) is 11.1. The third kappa shape index (κ3) is 4.25. The van der Waals surface area contributed by atoms with Gasteiger partial charge in [0.25, 0.3) is 0 Å². The maximum atomic E-state index is 11.8. The van der Waals surface area contributed by atoms with Crippen molar-refractivity contribution < 1.29 is 8.42 Å². The molecule has 5 nitrogen and oxygen atoms in total. The number of rotatable bonds is 5. The zero-order valence-corrected chi connectivity index (χ0v) is 17.5. The quantitative estimate of drug-likeness (QED) is 0.744. The Morgan fingerprint density at radius 2 is 2.00 bits per heavy atom. The lowest BCUT2D eigenvalue weighted by molar-refractivity contribution is 0.317. The van der Waals surface area contributed by atoms with Gasteiger partial charge >= 0.3 is 0 Å². The van der Waals surface area contributed by atoms with Gasteiger partial charge in [-0.1, -0.05) is 29.3 Å². The number of halogens is 2. The Bertz CT molecular complexity index is 925. The van der Waals surface area contributed by atoms with Gasteiger partial charge in [0.1, 0.15) is 0 Å². The van der Waals surface area contributed by atoms with Crippen LogP contribution < -0.4 is 0 Å². The van der Waals surface area contributed by atoms with Gasteiger partial charge in [0.05, 0.1) is 23.2 Å². The molecule has 1 aliphatic heterocycles. The van der Waals surface area contributed by atoms with Crippen molar-refractivity contribution in [1.82, 2.24) is 14.7 Å². The topological polar surface area (TPSA) is 55.2 Å². The van der Waals surface area contributed by atoms with Gasteiger partial charge in [-0.15, -0.1) is 0 Å². The highest BCUT2D eigenvalue weighted by Gasteiger charge is 2.31. The monoisotopic (exact) mass is 415 g/mol. The Morgan fingerprint density at radius 1 is 1.27 bits per heavy atom. The summed E-state index contributed by atoms with van der Waals surface area (Å²) in [7, 11) is -0.904. The molecule has 0 bridgehead atoms. The highest BCUT2D eigenvalue weighted by molar-refractivity contribution is 7.91. The van der Waals surface area contributed by atoms with E-state index in [0.717, 1.165) is 29.1 Å². The van der Waals surface area contributed by atoms with Gasteiger partial charge < -0.3 is 0 Å². The summed E-state index contributed by atoms with van der Waals surface area (Å²) in [4.78, 5) is 2.17. The predicted octanol–water partition coefficient (Wildman–Crippen LogP) is 3.80. The second-order valence-corrected chi connectivity index (χ2v) is 10.1.